The molecule has 1 unspecified atom stereocenters. The van der Waals surface area contributed by atoms with Gasteiger partial charge in [-0.1, -0.05) is 6.07 Å². The van der Waals surface area contributed by atoms with Gasteiger partial charge in [-0.2, -0.15) is 11.8 Å². The van der Waals surface area contributed by atoms with Crippen LogP contribution < -0.4 is 10.6 Å². The van der Waals surface area contributed by atoms with Crippen LogP contribution in [0.3, 0.4) is 0 Å². The van der Waals surface area contributed by atoms with Gasteiger partial charge in [0.15, 0.2) is 0 Å². The molecule has 2 aliphatic rings. The summed E-state index contributed by atoms with van der Waals surface area (Å²) in [7, 11) is 0. The summed E-state index contributed by atoms with van der Waals surface area (Å²) in [6.45, 7) is 5.27. The molecule has 25 heavy (non-hydrogen) atoms. The van der Waals surface area contributed by atoms with E-state index in [0.29, 0.717) is 18.4 Å². The number of piperidine rings is 1. The first-order chi connectivity index (χ1) is 11.3. The van der Waals surface area contributed by atoms with Crippen LogP contribution in [0.15, 0.2) is 17.5 Å². The highest BCUT2D eigenvalue weighted by Crippen LogP contribution is 2.20. The quantitative estimate of drug-likeness (QED) is 0.734. The van der Waals surface area contributed by atoms with Gasteiger partial charge in [0, 0.05) is 48.5 Å². The minimum atomic E-state index is 0. The molecule has 1 aromatic rings. The lowest BCUT2D eigenvalue weighted by Gasteiger charge is -2.31. The Bertz CT molecular complexity index is 476. The van der Waals surface area contributed by atoms with Gasteiger partial charge in [-0.3, -0.25) is 9.69 Å². The number of carbonyl (C=O) groups is 1. The summed E-state index contributed by atoms with van der Waals surface area (Å²) < 4.78 is 0. The Kier molecular flexibility index (Phi) is 11.5. The largest absolute Gasteiger partial charge is 0.356 e. The third kappa shape index (κ3) is 8.06. The molecule has 0 aliphatic carbocycles. The van der Waals surface area contributed by atoms with Crippen LogP contribution in [0.1, 0.15) is 24.1 Å². The fraction of sp³-hybridized carbons (Fsp3) is 0.706. The van der Waals surface area contributed by atoms with Gasteiger partial charge in [0.25, 0.3) is 0 Å². The maximum atomic E-state index is 12.1. The summed E-state index contributed by atoms with van der Waals surface area (Å²) >= 11 is 3.79. The van der Waals surface area contributed by atoms with Crippen molar-refractivity contribution >= 4 is 53.8 Å². The number of amides is 1. The van der Waals surface area contributed by atoms with Crippen LogP contribution in [0.4, 0.5) is 0 Å². The van der Waals surface area contributed by atoms with Crippen molar-refractivity contribution in [1.29, 1.82) is 0 Å². The molecule has 0 spiro atoms. The summed E-state index contributed by atoms with van der Waals surface area (Å²) in [5.41, 5.74) is 0. The standard InChI is InChI=1S/C17H27N3OS2.2ClH/c21-17(10-15-13-22-9-5-18-15)19-11-14-3-6-20(7-4-14)12-16-2-1-8-23-16;;/h1-2,8,14-15,18H,3-7,9-13H2,(H,19,21);2*1H. The number of halogens is 2. The minimum Gasteiger partial charge on any atom is -0.356 e. The molecule has 1 aromatic heterocycles. The van der Waals surface area contributed by atoms with E-state index in [1.165, 1.54) is 23.5 Å². The van der Waals surface area contributed by atoms with Crippen LogP contribution in [-0.4, -0.2) is 54.5 Å². The summed E-state index contributed by atoms with van der Waals surface area (Å²) in [5.74, 6) is 3.09. The zero-order valence-electron chi connectivity index (χ0n) is 14.4. The number of hydrogen-bond acceptors (Lipinski definition) is 5. The fourth-order valence-corrected chi connectivity index (χ4v) is 4.97. The predicted octanol–water partition coefficient (Wildman–Crippen LogP) is 3.02. The lowest BCUT2D eigenvalue weighted by atomic mass is 9.96. The molecule has 0 saturated carbocycles. The smallest absolute Gasteiger partial charge is 0.221 e. The van der Waals surface area contributed by atoms with Gasteiger partial charge in [-0.25, -0.2) is 0 Å². The van der Waals surface area contributed by atoms with Crippen LogP contribution in [-0.2, 0) is 11.3 Å². The molecule has 0 bridgehead atoms. The molecule has 2 saturated heterocycles. The van der Waals surface area contributed by atoms with E-state index in [0.717, 1.165) is 38.5 Å². The maximum absolute atomic E-state index is 12.1. The van der Waals surface area contributed by atoms with E-state index in [1.807, 2.05) is 23.1 Å². The highest BCUT2D eigenvalue weighted by molar-refractivity contribution is 7.99. The number of rotatable bonds is 6. The first-order valence-electron chi connectivity index (χ1n) is 8.62. The monoisotopic (exact) mass is 425 g/mol. The Morgan fingerprint density at radius 3 is 2.76 bits per heavy atom. The normalized spacial score (nSPS) is 21.8. The Labute approximate surface area is 171 Å². The summed E-state index contributed by atoms with van der Waals surface area (Å²) in [6.07, 6.45) is 3.02. The molecular weight excluding hydrogens is 397 g/mol. The number of thiophene rings is 1. The van der Waals surface area contributed by atoms with Crippen molar-refractivity contribution < 1.29 is 4.79 Å². The van der Waals surface area contributed by atoms with E-state index in [9.17, 15) is 4.79 Å². The molecule has 3 rings (SSSR count). The van der Waals surface area contributed by atoms with Crippen molar-refractivity contribution in [3.63, 3.8) is 0 Å². The van der Waals surface area contributed by atoms with Crippen LogP contribution in [0.5, 0.6) is 0 Å². The van der Waals surface area contributed by atoms with Gasteiger partial charge >= 0.3 is 0 Å². The van der Waals surface area contributed by atoms with Crippen molar-refractivity contribution in [2.75, 3.05) is 37.7 Å². The molecule has 8 heteroatoms. The first kappa shape index (κ1) is 23.1. The van der Waals surface area contributed by atoms with Gasteiger partial charge < -0.3 is 10.6 Å². The molecular formula is C17H29Cl2N3OS2. The Hall–Kier alpha value is 0.0200. The SMILES string of the molecule is Cl.Cl.O=C(CC1CSCCN1)NCC1CCN(Cc2cccs2)CC1. The molecule has 4 nitrogen and oxygen atoms in total. The van der Waals surface area contributed by atoms with Crippen LogP contribution in [0, 0.1) is 5.92 Å². The van der Waals surface area contributed by atoms with E-state index < -0.39 is 0 Å². The summed E-state index contributed by atoms with van der Waals surface area (Å²) in [5, 5.41) is 8.73. The number of nitrogens with zero attached hydrogens (tertiary/aromatic N) is 1. The van der Waals surface area contributed by atoms with Gasteiger partial charge in [-0.05, 0) is 43.3 Å². The van der Waals surface area contributed by atoms with Gasteiger partial charge in [0.2, 0.25) is 5.91 Å². The number of hydrogen-bond donors (Lipinski definition) is 2. The van der Waals surface area contributed by atoms with E-state index >= 15 is 0 Å². The van der Waals surface area contributed by atoms with Crippen LogP contribution >= 0.6 is 47.9 Å². The summed E-state index contributed by atoms with van der Waals surface area (Å²) in [4.78, 5) is 16.0. The lowest BCUT2D eigenvalue weighted by molar-refractivity contribution is -0.121. The Morgan fingerprint density at radius 2 is 2.12 bits per heavy atom. The second-order valence-corrected chi connectivity index (χ2v) is 8.72. The average molecular weight is 426 g/mol. The van der Waals surface area contributed by atoms with Gasteiger partial charge in [0.05, 0.1) is 0 Å². The highest BCUT2D eigenvalue weighted by atomic mass is 35.5. The van der Waals surface area contributed by atoms with Crippen molar-refractivity contribution in [2.24, 2.45) is 5.92 Å². The maximum Gasteiger partial charge on any atom is 0.221 e. The Morgan fingerprint density at radius 1 is 1.32 bits per heavy atom. The molecule has 2 N–H and O–H groups in total. The van der Waals surface area contributed by atoms with Crippen LogP contribution in [0.2, 0.25) is 0 Å². The number of nitrogens with one attached hydrogen (secondary N) is 2. The topological polar surface area (TPSA) is 44.4 Å². The molecule has 2 fully saturated rings. The third-order valence-corrected chi connectivity index (χ3v) is 6.68. The minimum absolute atomic E-state index is 0. The second-order valence-electron chi connectivity index (χ2n) is 6.53. The predicted molar refractivity (Wildman–Crippen MR) is 114 cm³/mol. The molecule has 3 heterocycles. The van der Waals surface area contributed by atoms with Crippen LogP contribution in [0.25, 0.3) is 0 Å². The zero-order valence-corrected chi connectivity index (χ0v) is 17.7. The third-order valence-electron chi connectivity index (χ3n) is 4.68. The van der Waals surface area contributed by atoms with Gasteiger partial charge in [-0.15, -0.1) is 36.2 Å². The molecule has 1 amide bonds. The number of likely N-dealkylation sites (tertiary alicyclic amines) is 1. The van der Waals surface area contributed by atoms with E-state index in [1.54, 1.807) is 0 Å². The molecule has 1 atom stereocenters. The number of carbonyl (C=O) groups excluding carboxylic acids is 1. The summed E-state index contributed by atoms with van der Waals surface area (Å²) in [6, 6.07) is 4.71. The van der Waals surface area contributed by atoms with Crippen molar-refractivity contribution in [2.45, 2.75) is 31.8 Å². The molecule has 0 aromatic carbocycles. The highest BCUT2D eigenvalue weighted by Gasteiger charge is 2.21. The Balaban J connectivity index is 0.00000156. The zero-order chi connectivity index (χ0) is 15.9. The van der Waals surface area contributed by atoms with Crippen molar-refractivity contribution in [3.05, 3.63) is 22.4 Å². The van der Waals surface area contributed by atoms with Crippen molar-refractivity contribution in [1.82, 2.24) is 15.5 Å². The first-order valence-corrected chi connectivity index (χ1v) is 10.7. The molecule has 144 valence electrons. The molecule has 0 radical (unpaired) electrons. The van der Waals surface area contributed by atoms with Gasteiger partial charge in [0.1, 0.15) is 0 Å². The van der Waals surface area contributed by atoms with E-state index in [2.05, 4.69) is 33.0 Å². The van der Waals surface area contributed by atoms with Crippen molar-refractivity contribution in [3.8, 4) is 0 Å². The second kappa shape index (κ2) is 12.4. The van der Waals surface area contributed by atoms with E-state index in [-0.39, 0.29) is 30.7 Å². The van der Waals surface area contributed by atoms with E-state index in [4.69, 9.17) is 0 Å². The fourth-order valence-electron chi connectivity index (χ4n) is 3.28. The molecule has 2 aliphatic heterocycles. The average Bonchev–Trinajstić information content (AvgIpc) is 3.08. The lowest BCUT2D eigenvalue weighted by Crippen LogP contribution is -2.43. The number of thioether (sulfide) groups is 1.